The van der Waals surface area contributed by atoms with Gasteiger partial charge < -0.3 is 0 Å². The van der Waals surface area contributed by atoms with E-state index >= 15 is 0 Å². The quantitative estimate of drug-likeness (QED) is 0.529. The minimum absolute atomic E-state index is 0.247. The largest absolute Gasteiger partial charge is 0.251 e. The van der Waals surface area contributed by atoms with E-state index < -0.39 is 0 Å². The maximum absolute atomic E-state index is 11.4. The Labute approximate surface area is 59.0 Å². The Hall–Kier alpha value is 0.210. The van der Waals surface area contributed by atoms with Crippen molar-refractivity contribution < 1.29 is 8.78 Å². The highest BCUT2D eigenvalue weighted by Gasteiger charge is 1.88. The summed E-state index contributed by atoms with van der Waals surface area (Å²) in [5, 5.41) is 0. The van der Waals surface area contributed by atoms with Gasteiger partial charge in [0.05, 0.1) is 13.3 Å². The molecule has 0 aliphatic rings. The van der Waals surface area contributed by atoms with Gasteiger partial charge in [-0.15, -0.1) is 0 Å². The van der Waals surface area contributed by atoms with Crippen LogP contribution in [0.4, 0.5) is 8.78 Å². The molecule has 0 aromatic heterocycles. The predicted octanol–water partition coefficient (Wildman–Crippen LogP) is 2.44. The van der Waals surface area contributed by atoms with Crippen LogP contribution >= 0.6 is 11.8 Å². The molecule has 0 amide bonds. The Bertz CT molecular complexity index is 44.3. The van der Waals surface area contributed by atoms with E-state index in [1.54, 1.807) is 11.8 Å². The number of hydrogen-bond donors (Lipinski definition) is 0. The second kappa shape index (κ2) is 8.21. The van der Waals surface area contributed by atoms with Gasteiger partial charge in [-0.2, -0.15) is 11.8 Å². The van der Waals surface area contributed by atoms with Gasteiger partial charge >= 0.3 is 0 Å². The van der Waals surface area contributed by atoms with Crippen molar-refractivity contribution in [3.8, 4) is 0 Å². The fourth-order valence-corrected chi connectivity index (χ4v) is 1.25. The number of alkyl halides is 2. The maximum Gasteiger partial charge on any atom is 0.0902 e. The van der Waals surface area contributed by atoms with Crippen molar-refractivity contribution in [2.24, 2.45) is 0 Å². The standard InChI is InChI=1S/C6H12F2S/c7-3-1-5-9-6-2-4-8/h1-6H2. The van der Waals surface area contributed by atoms with Gasteiger partial charge in [0.25, 0.3) is 0 Å². The number of hydrogen-bond acceptors (Lipinski definition) is 1. The van der Waals surface area contributed by atoms with Gasteiger partial charge in [-0.3, -0.25) is 8.78 Å². The van der Waals surface area contributed by atoms with E-state index in [1.165, 1.54) is 0 Å². The molecule has 0 fully saturated rings. The summed E-state index contributed by atoms with van der Waals surface area (Å²) >= 11 is 1.62. The number of halogens is 2. The van der Waals surface area contributed by atoms with Crippen LogP contribution in [0.1, 0.15) is 12.8 Å². The minimum Gasteiger partial charge on any atom is -0.251 e. The summed E-state index contributed by atoms with van der Waals surface area (Å²) in [6, 6.07) is 0. The van der Waals surface area contributed by atoms with Gasteiger partial charge in [-0.25, -0.2) is 0 Å². The van der Waals surface area contributed by atoms with Crippen LogP contribution in [0.25, 0.3) is 0 Å². The van der Waals surface area contributed by atoms with Crippen molar-refractivity contribution in [3.05, 3.63) is 0 Å². The molecule has 0 radical (unpaired) electrons. The van der Waals surface area contributed by atoms with Crippen molar-refractivity contribution in [3.63, 3.8) is 0 Å². The predicted molar refractivity (Wildman–Crippen MR) is 38.5 cm³/mol. The second-order valence-electron chi connectivity index (χ2n) is 1.70. The first kappa shape index (κ1) is 9.21. The molecule has 0 saturated heterocycles. The van der Waals surface area contributed by atoms with Crippen molar-refractivity contribution in [1.82, 2.24) is 0 Å². The average molecular weight is 154 g/mol. The molecule has 0 aromatic carbocycles. The monoisotopic (exact) mass is 154 g/mol. The Morgan fingerprint density at radius 2 is 1.33 bits per heavy atom. The van der Waals surface area contributed by atoms with Crippen LogP contribution in [0.15, 0.2) is 0 Å². The summed E-state index contributed by atoms with van der Waals surface area (Å²) < 4.78 is 22.8. The zero-order valence-corrected chi connectivity index (χ0v) is 6.22. The lowest BCUT2D eigenvalue weighted by atomic mass is 10.5. The summed E-state index contributed by atoms with van der Waals surface area (Å²) in [5.74, 6) is 1.66. The van der Waals surface area contributed by atoms with Crippen LogP contribution in [0, 0.1) is 0 Å². The number of rotatable bonds is 6. The third kappa shape index (κ3) is 8.21. The average Bonchev–Trinajstić information content (AvgIpc) is 1.89. The summed E-state index contributed by atoms with van der Waals surface area (Å²) in [7, 11) is 0. The van der Waals surface area contributed by atoms with E-state index in [0.29, 0.717) is 12.8 Å². The lowest BCUT2D eigenvalue weighted by Crippen LogP contribution is -1.85. The van der Waals surface area contributed by atoms with Gasteiger partial charge in [-0.1, -0.05) is 0 Å². The minimum atomic E-state index is -0.247. The smallest absolute Gasteiger partial charge is 0.0902 e. The Balaban J connectivity index is 2.60. The molecule has 0 bridgehead atoms. The zero-order chi connectivity index (χ0) is 6.95. The highest BCUT2D eigenvalue weighted by molar-refractivity contribution is 7.99. The molecule has 0 aliphatic carbocycles. The highest BCUT2D eigenvalue weighted by atomic mass is 32.2. The van der Waals surface area contributed by atoms with Gasteiger partial charge in [-0.05, 0) is 24.3 Å². The molecule has 0 saturated carbocycles. The molecule has 0 aliphatic heterocycles. The van der Waals surface area contributed by atoms with E-state index in [0.717, 1.165) is 11.5 Å². The van der Waals surface area contributed by atoms with Gasteiger partial charge in [0.2, 0.25) is 0 Å². The van der Waals surface area contributed by atoms with Crippen LogP contribution in [0.3, 0.4) is 0 Å². The SMILES string of the molecule is FCCCSCCCF. The molecule has 0 aromatic rings. The molecular weight excluding hydrogens is 142 g/mol. The first-order chi connectivity index (χ1) is 4.41. The molecular formula is C6H12F2S. The molecule has 0 spiro atoms. The van der Waals surface area contributed by atoms with E-state index in [2.05, 4.69) is 0 Å². The topological polar surface area (TPSA) is 0 Å². The van der Waals surface area contributed by atoms with Crippen LogP contribution in [-0.4, -0.2) is 24.9 Å². The van der Waals surface area contributed by atoms with Crippen molar-refractivity contribution in [1.29, 1.82) is 0 Å². The van der Waals surface area contributed by atoms with E-state index in [9.17, 15) is 8.78 Å². The third-order valence-electron chi connectivity index (χ3n) is 0.845. The van der Waals surface area contributed by atoms with E-state index in [1.807, 2.05) is 0 Å². The van der Waals surface area contributed by atoms with Crippen LogP contribution in [0.2, 0.25) is 0 Å². The fourth-order valence-electron chi connectivity index (χ4n) is 0.415. The van der Waals surface area contributed by atoms with E-state index in [-0.39, 0.29) is 13.3 Å². The fraction of sp³-hybridized carbons (Fsp3) is 1.00. The first-order valence-corrected chi connectivity index (χ1v) is 4.27. The molecule has 0 heterocycles. The van der Waals surface area contributed by atoms with E-state index in [4.69, 9.17) is 0 Å². The molecule has 0 atom stereocenters. The maximum atomic E-state index is 11.4. The van der Waals surface area contributed by atoms with Crippen LogP contribution < -0.4 is 0 Å². The zero-order valence-electron chi connectivity index (χ0n) is 5.41. The summed E-state index contributed by atoms with van der Waals surface area (Å²) in [6.45, 7) is -0.495. The molecule has 0 rings (SSSR count). The van der Waals surface area contributed by atoms with Crippen LogP contribution in [0.5, 0.6) is 0 Å². The Morgan fingerprint density at radius 3 is 1.67 bits per heavy atom. The lowest BCUT2D eigenvalue weighted by Gasteiger charge is -1.94. The van der Waals surface area contributed by atoms with Gasteiger partial charge in [0.15, 0.2) is 0 Å². The Kier molecular flexibility index (Phi) is 8.40. The van der Waals surface area contributed by atoms with Gasteiger partial charge in [0, 0.05) is 0 Å². The molecule has 0 unspecified atom stereocenters. The molecule has 9 heavy (non-hydrogen) atoms. The highest BCUT2D eigenvalue weighted by Crippen LogP contribution is 2.04. The molecule has 0 N–H and O–H groups in total. The molecule has 3 heteroatoms. The van der Waals surface area contributed by atoms with Crippen molar-refractivity contribution in [2.45, 2.75) is 12.8 Å². The normalized spacial score (nSPS) is 10.0. The van der Waals surface area contributed by atoms with Crippen molar-refractivity contribution >= 4 is 11.8 Å². The molecule has 0 nitrogen and oxygen atoms in total. The summed E-state index contributed by atoms with van der Waals surface area (Å²) in [4.78, 5) is 0. The lowest BCUT2D eigenvalue weighted by molar-refractivity contribution is 0.486. The second-order valence-corrected chi connectivity index (χ2v) is 2.92. The van der Waals surface area contributed by atoms with Gasteiger partial charge in [0.1, 0.15) is 0 Å². The van der Waals surface area contributed by atoms with Crippen LogP contribution in [-0.2, 0) is 0 Å². The summed E-state index contributed by atoms with van der Waals surface area (Å²) in [6.07, 6.45) is 1.22. The first-order valence-electron chi connectivity index (χ1n) is 3.11. The Morgan fingerprint density at radius 1 is 0.889 bits per heavy atom. The number of thioether (sulfide) groups is 1. The summed E-state index contributed by atoms with van der Waals surface area (Å²) in [5.41, 5.74) is 0. The third-order valence-corrected chi connectivity index (χ3v) is 2.00. The molecule has 56 valence electrons. The van der Waals surface area contributed by atoms with Crippen molar-refractivity contribution in [2.75, 3.05) is 24.9 Å².